The van der Waals surface area contributed by atoms with Gasteiger partial charge in [0.1, 0.15) is 4.90 Å². The van der Waals surface area contributed by atoms with E-state index in [1.165, 1.54) is 10.5 Å². The van der Waals surface area contributed by atoms with Crippen molar-refractivity contribution >= 4 is 26.8 Å². The van der Waals surface area contributed by atoms with Crippen LogP contribution in [0.5, 0.6) is 0 Å². The fourth-order valence-corrected chi connectivity index (χ4v) is 4.35. The van der Waals surface area contributed by atoms with Gasteiger partial charge in [-0.3, -0.25) is 9.78 Å². The van der Waals surface area contributed by atoms with Crippen LogP contribution in [-0.4, -0.2) is 54.7 Å². The Balaban J connectivity index is 1.78. The first-order valence-corrected chi connectivity index (χ1v) is 9.78. The fraction of sp³-hybridized carbons (Fsp3) is 0.444. The number of aromatic nitrogens is 1. The molecule has 1 amide bonds. The Labute approximate surface area is 148 Å². The van der Waals surface area contributed by atoms with Gasteiger partial charge in [0.2, 0.25) is 15.9 Å². The highest BCUT2D eigenvalue weighted by Gasteiger charge is 2.33. The highest BCUT2D eigenvalue weighted by Crippen LogP contribution is 2.23. The lowest BCUT2D eigenvalue weighted by Crippen LogP contribution is -2.52. The fourth-order valence-electron chi connectivity index (χ4n) is 2.95. The summed E-state index contributed by atoms with van der Waals surface area (Å²) in [7, 11) is -3.61. The lowest BCUT2D eigenvalue weighted by molar-refractivity contribution is -0.140. The molecule has 25 heavy (non-hydrogen) atoms. The summed E-state index contributed by atoms with van der Waals surface area (Å²) in [4.78, 5) is 18.5. The Morgan fingerprint density at radius 3 is 2.36 bits per heavy atom. The number of fused-ring (bicyclic) bond motifs is 1. The van der Waals surface area contributed by atoms with E-state index < -0.39 is 15.4 Å². The first-order chi connectivity index (χ1) is 11.7. The van der Waals surface area contributed by atoms with Crippen LogP contribution in [0.4, 0.5) is 0 Å². The minimum absolute atomic E-state index is 0.0527. The molecule has 134 valence electrons. The van der Waals surface area contributed by atoms with E-state index in [2.05, 4.69) is 4.98 Å². The standard InChI is InChI=1S/C18H23N3O3S/c1-18(2,3)17(22)20-8-10-21(11-9-20)25(23,24)15-12-14-6-4-5-7-16(14)19-13-15/h4-7,12-13H,8-11H2,1-3H3. The molecule has 3 rings (SSSR count). The number of carbonyl (C=O) groups excluding carboxylic acids is 1. The molecule has 0 bridgehead atoms. The smallest absolute Gasteiger partial charge is 0.244 e. The molecule has 7 heteroatoms. The molecule has 0 saturated carbocycles. The first-order valence-electron chi connectivity index (χ1n) is 8.34. The van der Waals surface area contributed by atoms with Gasteiger partial charge in [-0.2, -0.15) is 4.31 Å². The molecule has 0 aliphatic carbocycles. The number of nitrogens with zero attached hydrogens (tertiary/aromatic N) is 3. The minimum Gasteiger partial charge on any atom is -0.340 e. The molecule has 6 nitrogen and oxygen atoms in total. The van der Waals surface area contributed by atoms with Crippen molar-refractivity contribution in [2.45, 2.75) is 25.7 Å². The molecule has 2 heterocycles. The number of para-hydroxylation sites is 1. The summed E-state index contributed by atoms with van der Waals surface area (Å²) in [5.41, 5.74) is 0.311. The van der Waals surface area contributed by atoms with E-state index in [1.54, 1.807) is 11.0 Å². The Kier molecular flexibility index (Phi) is 4.55. The second-order valence-corrected chi connectivity index (χ2v) is 9.25. The lowest BCUT2D eigenvalue weighted by atomic mass is 9.94. The van der Waals surface area contributed by atoms with Crippen LogP contribution >= 0.6 is 0 Å². The number of amides is 1. The maximum atomic E-state index is 12.9. The van der Waals surface area contributed by atoms with E-state index >= 15 is 0 Å². The van der Waals surface area contributed by atoms with Crippen LogP contribution in [0.25, 0.3) is 10.9 Å². The van der Waals surface area contributed by atoms with Crippen molar-refractivity contribution in [1.29, 1.82) is 0 Å². The van der Waals surface area contributed by atoms with Crippen molar-refractivity contribution in [2.75, 3.05) is 26.2 Å². The third-order valence-electron chi connectivity index (χ3n) is 4.37. The van der Waals surface area contributed by atoms with Gasteiger partial charge in [0.25, 0.3) is 0 Å². The molecule has 1 aliphatic heterocycles. The number of piperazine rings is 1. The lowest BCUT2D eigenvalue weighted by Gasteiger charge is -2.37. The Morgan fingerprint density at radius 2 is 1.72 bits per heavy atom. The predicted molar refractivity (Wildman–Crippen MR) is 96.5 cm³/mol. The Morgan fingerprint density at radius 1 is 1.08 bits per heavy atom. The van der Waals surface area contributed by atoms with E-state index in [0.717, 1.165) is 10.9 Å². The molecule has 1 aromatic carbocycles. The van der Waals surface area contributed by atoms with Crippen LogP contribution in [0, 0.1) is 5.41 Å². The summed E-state index contributed by atoms with van der Waals surface area (Å²) < 4.78 is 27.2. The maximum absolute atomic E-state index is 12.9. The van der Waals surface area contributed by atoms with Crippen molar-refractivity contribution in [3.05, 3.63) is 36.5 Å². The predicted octanol–water partition coefficient (Wildman–Crippen LogP) is 2.11. The molecular formula is C18H23N3O3S. The average molecular weight is 361 g/mol. The second kappa shape index (κ2) is 6.38. The molecule has 1 aromatic heterocycles. The van der Waals surface area contributed by atoms with E-state index in [9.17, 15) is 13.2 Å². The summed E-state index contributed by atoms with van der Waals surface area (Å²) in [6.45, 7) is 7.05. The van der Waals surface area contributed by atoms with Crippen LogP contribution in [0.1, 0.15) is 20.8 Å². The van der Waals surface area contributed by atoms with Crippen LogP contribution in [0.15, 0.2) is 41.4 Å². The zero-order valence-electron chi connectivity index (χ0n) is 14.8. The van der Waals surface area contributed by atoms with Gasteiger partial charge in [0.05, 0.1) is 5.52 Å². The highest BCUT2D eigenvalue weighted by molar-refractivity contribution is 7.89. The van der Waals surface area contributed by atoms with Gasteiger partial charge in [-0.1, -0.05) is 39.0 Å². The van der Waals surface area contributed by atoms with Gasteiger partial charge in [0.15, 0.2) is 0 Å². The number of carbonyl (C=O) groups is 1. The molecule has 1 saturated heterocycles. The zero-order chi connectivity index (χ0) is 18.2. The van der Waals surface area contributed by atoms with Crippen LogP contribution < -0.4 is 0 Å². The Bertz CT molecular complexity index is 895. The molecule has 0 spiro atoms. The maximum Gasteiger partial charge on any atom is 0.244 e. The van der Waals surface area contributed by atoms with Gasteiger partial charge in [0, 0.05) is 43.2 Å². The SMILES string of the molecule is CC(C)(C)C(=O)N1CCN(S(=O)(=O)c2cnc3ccccc3c2)CC1. The number of benzene rings is 1. The molecule has 2 aromatic rings. The van der Waals surface area contributed by atoms with Crippen molar-refractivity contribution < 1.29 is 13.2 Å². The van der Waals surface area contributed by atoms with Crippen molar-refractivity contribution in [1.82, 2.24) is 14.2 Å². The zero-order valence-corrected chi connectivity index (χ0v) is 15.6. The van der Waals surface area contributed by atoms with Crippen molar-refractivity contribution in [3.8, 4) is 0 Å². The van der Waals surface area contributed by atoms with Crippen molar-refractivity contribution in [2.24, 2.45) is 5.41 Å². The normalized spacial score (nSPS) is 17.0. The van der Waals surface area contributed by atoms with Crippen LogP contribution in [0.3, 0.4) is 0 Å². The molecule has 0 atom stereocenters. The molecule has 0 radical (unpaired) electrons. The van der Waals surface area contributed by atoms with Crippen molar-refractivity contribution in [3.63, 3.8) is 0 Å². The largest absolute Gasteiger partial charge is 0.340 e. The van der Waals surface area contributed by atoms with Gasteiger partial charge < -0.3 is 4.90 Å². The number of pyridine rings is 1. The first kappa shape index (κ1) is 17.8. The molecule has 0 unspecified atom stereocenters. The van der Waals surface area contributed by atoms with E-state index in [1.807, 2.05) is 45.0 Å². The third kappa shape index (κ3) is 3.52. The van der Waals surface area contributed by atoms with Gasteiger partial charge in [-0.05, 0) is 12.1 Å². The summed E-state index contributed by atoms with van der Waals surface area (Å²) in [6.07, 6.45) is 1.41. The minimum atomic E-state index is -3.61. The Hall–Kier alpha value is -1.99. The van der Waals surface area contributed by atoms with Crippen LogP contribution in [0.2, 0.25) is 0 Å². The van der Waals surface area contributed by atoms with E-state index in [0.29, 0.717) is 26.2 Å². The summed E-state index contributed by atoms with van der Waals surface area (Å²) >= 11 is 0. The van der Waals surface area contributed by atoms with Gasteiger partial charge in [-0.15, -0.1) is 0 Å². The summed E-state index contributed by atoms with van der Waals surface area (Å²) in [5, 5.41) is 0.796. The monoisotopic (exact) mass is 361 g/mol. The summed E-state index contributed by atoms with van der Waals surface area (Å²) in [6, 6.07) is 9.08. The number of hydrogen-bond acceptors (Lipinski definition) is 4. The van der Waals surface area contributed by atoms with E-state index in [-0.39, 0.29) is 10.8 Å². The number of sulfonamides is 1. The van der Waals surface area contributed by atoms with Gasteiger partial charge in [-0.25, -0.2) is 8.42 Å². The number of rotatable bonds is 2. The third-order valence-corrected chi connectivity index (χ3v) is 6.23. The molecule has 1 fully saturated rings. The number of hydrogen-bond donors (Lipinski definition) is 0. The molecular weight excluding hydrogens is 338 g/mol. The van der Waals surface area contributed by atoms with Crippen LogP contribution in [-0.2, 0) is 14.8 Å². The topological polar surface area (TPSA) is 70.6 Å². The van der Waals surface area contributed by atoms with Gasteiger partial charge >= 0.3 is 0 Å². The average Bonchev–Trinajstić information content (AvgIpc) is 2.60. The quantitative estimate of drug-likeness (QED) is 0.821. The summed E-state index contributed by atoms with van der Waals surface area (Å²) in [5.74, 6) is 0.0527. The highest BCUT2D eigenvalue weighted by atomic mass is 32.2. The van der Waals surface area contributed by atoms with E-state index in [4.69, 9.17) is 0 Å². The molecule has 0 N–H and O–H groups in total. The molecule has 1 aliphatic rings. The second-order valence-electron chi connectivity index (χ2n) is 7.31.